The monoisotopic (exact) mass is 286 g/mol. The van der Waals surface area contributed by atoms with Crippen LogP contribution in [0.15, 0.2) is 18.2 Å². The van der Waals surface area contributed by atoms with Gasteiger partial charge in [-0.25, -0.2) is 4.39 Å². The molecule has 1 atom stereocenters. The summed E-state index contributed by atoms with van der Waals surface area (Å²) in [4.78, 5) is 11.6. The molecule has 1 aliphatic rings. The van der Waals surface area contributed by atoms with Crippen molar-refractivity contribution in [3.05, 3.63) is 29.0 Å². The first-order valence-electron chi connectivity index (χ1n) is 6.22. The minimum Gasteiger partial charge on any atom is -0.377 e. The van der Waals surface area contributed by atoms with E-state index in [2.05, 4.69) is 10.6 Å². The quantitative estimate of drug-likeness (QED) is 0.872. The van der Waals surface area contributed by atoms with Crippen LogP contribution in [-0.2, 0) is 9.53 Å². The SMILES string of the molecule is O=C(CNCC1CCCO1)Nc1ccc(F)c(Cl)c1. The molecule has 0 bridgehead atoms. The summed E-state index contributed by atoms with van der Waals surface area (Å²) in [6.07, 6.45) is 2.31. The first-order chi connectivity index (χ1) is 9.15. The molecule has 1 aromatic rings. The Labute approximate surface area is 116 Å². The van der Waals surface area contributed by atoms with Crippen LogP contribution in [0.25, 0.3) is 0 Å². The van der Waals surface area contributed by atoms with Gasteiger partial charge in [-0.05, 0) is 31.0 Å². The van der Waals surface area contributed by atoms with Crippen LogP contribution in [0.3, 0.4) is 0 Å². The molecular formula is C13H16ClFN2O2. The summed E-state index contributed by atoms with van der Waals surface area (Å²) >= 11 is 5.63. The van der Waals surface area contributed by atoms with Gasteiger partial charge in [0.2, 0.25) is 5.91 Å². The molecule has 0 aromatic heterocycles. The molecule has 1 saturated heterocycles. The average Bonchev–Trinajstić information content (AvgIpc) is 2.87. The van der Waals surface area contributed by atoms with E-state index in [4.69, 9.17) is 16.3 Å². The molecule has 1 aliphatic heterocycles. The smallest absolute Gasteiger partial charge is 0.238 e. The lowest BCUT2D eigenvalue weighted by molar-refractivity contribution is -0.115. The number of carbonyl (C=O) groups excluding carboxylic acids is 1. The Morgan fingerprint density at radius 1 is 1.53 bits per heavy atom. The van der Waals surface area contributed by atoms with Gasteiger partial charge in [0.25, 0.3) is 0 Å². The Morgan fingerprint density at radius 2 is 2.37 bits per heavy atom. The second-order valence-corrected chi connectivity index (χ2v) is 4.85. The van der Waals surface area contributed by atoms with Gasteiger partial charge in [-0.1, -0.05) is 11.6 Å². The fourth-order valence-corrected chi connectivity index (χ4v) is 2.11. The molecular weight excluding hydrogens is 271 g/mol. The number of benzene rings is 1. The second kappa shape index (κ2) is 6.84. The highest BCUT2D eigenvalue weighted by Crippen LogP contribution is 2.19. The highest BCUT2D eigenvalue weighted by Gasteiger charge is 2.15. The predicted molar refractivity (Wildman–Crippen MR) is 71.9 cm³/mol. The molecule has 1 aromatic carbocycles. The van der Waals surface area contributed by atoms with Crippen molar-refractivity contribution in [1.82, 2.24) is 5.32 Å². The molecule has 2 N–H and O–H groups in total. The normalized spacial score (nSPS) is 18.5. The van der Waals surface area contributed by atoms with E-state index in [-0.39, 0.29) is 23.6 Å². The second-order valence-electron chi connectivity index (χ2n) is 4.44. The van der Waals surface area contributed by atoms with Gasteiger partial charge < -0.3 is 15.4 Å². The van der Waals surface area contributed by atoms with E-state index in [1.807, 2.05) is 0 Å². The first kappa shape index (κ1) is 14.2. The number of rotatable bonds is 5. The Kier molecular flexibility index (Phi) is 5.13. The van der Waals surface area contributed by atoms with Crippen LogP contribution in [-0.4, -0.2) is 31.7 Å². The molecule has 0 spiro atoms. The van der Waals surface area contributed by atoms with E-state index in [1.54, 1.807) is 0 Å². The van der Waals surface area contributed by atoms with Gasteiger partial charge in [0.05, 0.1) is 17.7 Å². The van der Waals surface area contributed by atoms with E-state index < -0.39 is 5.82 Å². The van der Waals surface area contributed by atoms with Crippen LogP contribution in [0.2, 0.25) is 5.02 Å². The molecule has 19 heavy (non-hydrogen) atoms. The number of carbonyl (C=O) groups is 1. The van der Waals surface area contributed by atoms with Gasteiger partial charge in [-0.15, -0.1) is 0 Å². The molecule has 2 rings (SSSR count). The molecule has 1 unspecified atom stereocenters. The van der Waals surface area contributed by atoms with Gasteiger partial charge in [0.1, 0.15) is 5.82 Å². The van der Waals surface area contributed by atoms with Crippen molar-refractivity contribution in [2.24, 2.45) is 0 Å². The van der Waals surface area contributed by atoms with Crippen LogP contribution in [0, 0.1) is 5.82 Å². The van der Waals surface area contributed by atoms with Crippen LogP contribution >= 0.6 is 11.6 Å². The zero-order valence-electron chi connectivity index (χ0n) is 10.4. The summed E-state index contributed by atoms with van der Waals surface area (Å²) in [6, 6.07) is 4.08. The maximum Gasteiger partial charge on any atom is 0.238 e. The van der Waals surface area contributed by atoms with Crippen molar-refractivity contribution in [3.63, 3.8) is 0 Å². The molecule has 6 heteroatoms. The Morgan fingerprint density at radius 3 is 3.05 bits per heavy atom. The number of ether oxygens (including phenoxy) is 1. The van der Waals surface area contributed by atoms with Crippen molar-refractivity contribution >= 4 is 23.2 Å². The Bertz CT molecular complexity index is 450. The van der Waals surface area contributed by atoms with Crippen LogP contribution in [0.5, 0.6) is 0 Å². The molecule has 1 fully saturated rings. The zero-order valence-corrected chi connectivity index (χ0v) is 11.2. The van der Waals surface area contributed by atoms with Crippen LogP contribution < -0.4 is 10.6 Å². The fraction of sp³-hybridized carbons (Fsp3) is 0.462. The summed E-state index contributed by atoms with van der Waals surface area (Å²) in [6.45, 7) is 1.65. The molecule has 0 saturated carbocycles. The van der Waals surface area contributed by atoms with Crippen LogP contribution in [0.4, 0.5) is 10.1 Å². The van der Waals surface area contributed by atoms with Crippen molar-refractivity contribution < 1.29 is 13.9 Å². The van der Waals surface area contributed by atoms with E-state index in [9.17, 15) is 9.18 Å². The van der Waals surface area contributed by atoms with Gasteiger partial charge in [0, 0.05) is 18.8 Å². The molecule has 0 aliphatic carbocycles. The fourth-order valence-electron chi connectivity index (χ4n) is 1.93. The lowest BCUT2D eigenvalue weighted by Crippen LogP contribution is -2.33. The third kappa shape index (κ3) is 4.45. The van der Waals surface area contributed by atoms with Crippen LogP contribution in [0.1, 0.15) is 12.8 Å². The van der Waals surface area contributed by atoms with Crippen molar-refractivity contribution in [3.8, 4) is 0 Å². The highest BCUT2D eigenvalue weighted by atomic mass is 35.5. The van der Waals surface area contributed by atoms with E-state index in [0.29, 0.717) is 12.2 Å². The molecule has 4 nitrogen and oxygen atoms in total. The van der Waals surface area contributed by atoms with E-state index in [0.717, 1.165) is 19.4 Å². The van der Waals surface area contributed by atoms with Gasteiger partial charge in [-0.2, -0.15) is 0 Å². The third-order valence-electron chi connectivity index (χ3n) is 2.88. The minimum atomic E-state index is -0.504. The molecule has 0 radical (unpaired) electrons. The number of nitrogens with one attached hydrogen (secondary N) is 2. The van der Waals surface area contributed by atoms with Gasteiger partial charge >= 0.3 is 0 Å². The number of hydrogen-bond donors (Lipinski definition) is 2. The topological polar surface area (TPSA) is 50.4 Å². The average molecular weight is 287 g/mol. The number of anilines is 1. The number of hydrogen-bond acceptors (Lipinski definition) is 3. The molecule has 104 valence electrons. The number of halogens is 2. The summed E-state index contributed by atoms with van der Waals surface area (Å²) in [5, 5.41) is 5.66. The van der Waals surface area contributed by atoms with E-state index in [1.165, 1.54) is 18.2 Å². The summed E-state index contributed by atoms with van der Waals surface area (Å²) < 4.78 is 18.4. The third-order valence-corrected chi connectivity index (χ3v) is 3.17. The highest BCUT2D eigenvalue weighted by molar-refractivity contribution is 6.31. The number of amides is 1. The largest absolute Gasteiger partial charge is 0.377 e. The Balaban J connectivity index is 1.72. The van der Waals surface area contributed by atoms with Gasteiger partial charge in [-0.3, -0.25) is 4.79 Å². The predicted octanol–water partition coefficient (Wildman–Crippen LogP) is 2.19. The van der Waals surface area contributed by atoms with Crippen molar-refractivity contribution in [1.29, 1.82) is 0 Å². The van der Waals surface area contributed by atoms with E-state index >= 15 is 0 Å². The molecule has 1 amide bonds. The standard InChI is InChI=1S/C13H16ClFN2O2/c14-11-6-9(3-4-12(11)15)17-13(18)8-16-7-10-2-1-5-19-10/h3-4,6,10,16H,1-2,5,7-8H2,(H,17,18). The summed E-state index contributed by atoms with van der Waals surface area (Å²) in [5.74, 6) is -0.697. The summed E-state index contributed by atoms with van der Waals surface area (Å²) in [7, 11) is 0. The maximum atomic E-state index is 12.9. The minimum absolute atomic E-state index is 0.00915. The molecule has 1 heterocycles. The van der Waals surface area contributed by atoms with Crippen molar-refractivity contribution in [2.75, 3.05) is 25.0 Å². The summed E-state index contributed by atoms with van der Waals surface area (Å²) in [5.41, 5.74) is 0.482. The zero-order chi connectivity index (χ0) is 13.7. The van der Waals surface area contributed by atoms with Gasteiger partial charge in [0.15, 0.2) is 0 Å². The first-order valence-corrected chi connectivity index (χ1v) is 6.60. The Hall–Kier alpha value is -1.17. The lowest BCUT2D eigenvalue weighted by Gasteiger charge is -2.11. The maximum absolute atomic E-state index is 12.9. The lowest BCUT2D eigenvalue weighted by atomic mass is 10.2. The van der Waals surface area contributed by atoms with Crippen molar-refractivity contribution in [2.45, 2.75) is 18.9 Å².